The van der Waals surface area contributed by atoms with Crippen LogP contribution in [0.3, 0.4) is 0 Å². The molecule has 1 saturated heterocycles. The van der Waals surface area contributed by atoms with Crippen molar-refractivity contribution < 1.29 is 23.9 Å². The van der Waals surface area contributed by atoms with Crippen LogP contribution in [-0.4, -0.2) is 41.1 Å². The summed E-state index contributed by atoms with van der Waals surface area (Å²) in [6.45, 7) is -0.552. The second kappa shape index (κ2) is 10.1. The molecule has 4 atom stereocenters. The molecule has 11 heteroatoms. The van der Waals surface area contributed by atoms with Crippen LogP contribution in [-0.2, 0) is 19.1 Å². The molecule has 4 rings (SSSR count). The number of amides is 3. The van der Waals surface area contributed by atoms with E-state index < -0.39 is 41.1 Å². The number of halogens is 4. The van der Waals surface area contributed by atoms with Crippen LogP contribution >= 0.6 is 46.4 Å². The molecular formula is C23H18Cl4N2O5. The van der Waals surface area contributed by atoms with Crippen molar-refractivity contribution in [2.24, 2.45) is 11.8 Å². The lowest BCUT2D eigenvalue weighted by Gasteiger charge is -2.28. The first-order valence-corrected chi connectivity index (χ1v) is 12.0. The summed E-state index contributed by atoms with van der Waals surface area (Å²) < 4.78 is 5.08. The van der Waals surface area contributed by atoms with Crippen molar-refractivity contribution in [3.05, 3.63) is 58.1 Å². The molecule has 0 unspecified atom stereocenters. The van der Waals surface area contributed by atoms with E-state index in [9.17, 15) is 19.2 Å². The molecule has 3 amide bonds. The van der Waals surface area contributed by atoms with Crippen LogP contribution in [0.25, 0.3) is 0 Å². The number of hydrogen-bond acceptors (Lipinski definition) is 5. The lowest BCUT2D eigenvalue weighted by atomic mass is 9.80. The highest BCUT2D eigenvalue weighted by molar-refractivity contribution is 6.42. The van der Waals surface area contributed by atoms with Crippen molar-refractivity contribution in [2.45, 2.75) is 23.6 Å². The van der Waals surface area contributed by atoms with Crippen molar-refractivity contribution >= 4 is 81.5 Å². The molecule has 0 bridgehead atoms. The molecule has 1 N–H and O–H groups in total. The topological polar surface area (TPSA) is 92.8 Å². The van der Waals surface area contributed by atoms with Crippen LogP contribution in [0.2, 0.25) is 10.0 Å². The number of alkyl halides is 2. The SMILES string of the molecule is O=C(COC(=O)c1cccc(N2C(=O)[C@@H]3C[C@@H](Cl)[C@@H](Cl)C[C@H]3C2=O)c1)Nc1ccc(Cl)c(Cl)c1. The van der Waals surface area contributed by atoms with Crippen molar-refractivity contribution in [3.8, 4) is 0 Å². The maximum absolute atomic E-state index is 12.9. The zero-order chi connectivity index (χ0) is 24.6. The van der Waals surface area contributed by atoms with Crippen LogP contribution in [0.4, 0.5) is 11.4 Å². The summed E-state index contributed by atoms with van der Waals surface area (Å²) >= 11 is 24.2. The Kier molecular flexibility index (Phi) is 7.38. The number of fused-ring (bicyclic) bond motifs is 1. The number of esters is 1. The van der Waals surface area contributed by atoms with Gasteiger partial charge in [-0.2, -0.15) is 0 Å². The first-order valence-electron chi connectivity index (χ1n) is 10.3. The number of nitrogens with zero attached hydrogens (tertiary/aromatic N) is 1. The van der Waals surface area contributed by atoms with E-state index in [0.717, 1.165) is 4.90 Å². The van der Waals surface area contributed by atoms with E-state index in [1.807, 2.05) is 0 Å². The van der Waals surface area contributed by atoms with Crippen LogP contribution < -0.4 is 10.2 Å². The molecule has 1 heterocycles. The van der Waals surface area contributed by atoms with E-state index in [0.29, 0.717) is 23.6 Å². The predicted molar refractivity (Wildman–Crippen MR) is 130 cm³/mol. The monoisotopic (exact) mass is 542 g/mol. The van der Waals surface area contributed by atoms with E-state index in [2.05, 4.69) is 5.32 Å². The molecule has 0 aromatic heterocycles. The number of ether oxygens (including phenoxy) is 1. The molecule has 34 heavy (non-hydrogen) atoms. The summed E-state index contributed by atoms with van der Waals surface area (Å²) in [7, 11) is 0. The van der Waals surface area contributed by atoms with E-state index >= 15 is 0 Å². The minimum absolute atomic E-state index is 0.0840. The average molecular weight is 544 g/mol. The number of imide groups is 1. The number of rotatable bonds is 5. The van der Waals surface area contributed by atoms with Gasteiger partial charge in [-0.1, -0.05) is 29.3 Å². The second-order valence-electron chi connectivity index (χ2n) is 8.03. The molecule has 0 spiro atoms. The fourth-order valence-corrected chi connectivity index (χ4v) is 4.99. The summed E-state index contributed by atoms with van der Waals surface area (Å²) in [5.74, 6) is -3.17. The van der Waals surface area contributed by atoms with Gasteiger partial charge in [0.1, 0.15) is 0 Å². The minimum Gasteiger partial charge on any atom is -0.452 e. The van der Waals surface area contributed by atoms with Crippen LogP contribution in [0.15, 0.2) is 42.5 Å². The smallest absolute Gasteiger partial charge is 0.338 e. The average Bonchev–Trinajstić information content (AvgIpc) is 3.04. The van der Waals surface area contributed by atoms with Crippen LogP contribution in [0.1, 0.15) is 23.2 Å². The molecule has 1 saturated carbocycles. The maximum atomic E-state index is 12.9. The molecule has 2 fully saturated rings. The molecule has 1 aliphatic carbocycles. The Hall–Kier alpha value is -2.32. The summed E-state index contributed by atoms with van der Waals surface area (Å²) in [5.41, 5.74) is 0.723. The molecule has 2 aliphatic rings. The third-order valence-electron chi connectivity index (χ3n) is 5.79. The number of hydrogen-bond donors (Lipinski definition) is 1. The van der Waals surface area contributed by atoms with E-state index in [1.54, 1.807) is 12.1 Å². The third-order valence-corrected chi connectivity index (χ3v) is 7.62. The van der Waals surface area contributed by atoms with Gasteiger partial charge in [-0.3, -0.25) is 19.3 Å². The van der Waals surface area contributed by atoms with Crippen LogP contribution in [0.5, 0.6) is 0 Å². The maximum Gasteiger partial charge on any atom is 0.338 e. The van der Waals surface area contributed by atoms with Crippen molar-refractivity contribution in [1.82, 2.24) is 0 Å². The number of carbonyl (C=O) groups excluding carboxylic acids is 4. The van der Waals surface area contributed by atoms with E-state index in [4.69, 9.17) is 51.1 Å². The molecule has 178 valence electrons. The van der Waals surface area contributed by atoms with Gasteiger partial charge in [0.25, 0.3) is 5.91 Å². The molecule has 1 aliphatic heterocycles. The van der Waals surface area contributed by atoms with Gasteiger partial charge in [0.2, 0.25) is 11.8 Å². The Morgan fingerprint density at radius 2 is 1.59 bits per heavy atom. The summed E-state index contributed by atoms with van der Waals surface area (Å²) in [6, 6.07) is 10.5. The van der Waals surface area contributed by atoms with Crippen molar-refractivity contribution in [1.29, 1.82) is 0 Å². The quantitative estimate of drug-likeness (QED) is 0.329. The van der Waals surface area contributed by atoms with Crippen molar-refractivity contribution in [3.63, 3.8) is 0 Å². The van der Waals surface area contributed by atoms with Gasteiger partial charge in [-0.25, -0.2) is 4.79 Å². The largest absolute Gasteiger partial charge is 0.452 e. The van der Waals surface area contributed by atoms with Gasteiger partial charge in [0, 0.05) is 5.69 Å². The standard InChI is InChI=1S/C23H18Cl4N2O5/c24-16-5-4-12(7-17(16)25)28-20(30)10-34-23(33)11-2-1-3-13(6-11)29-21(31)14-8-18(26)19(27)9-15(14)22(29)32/h1-7,14-15,18-19H,8-10H2,(H,28,30)/t14-,15-,18-,19+/m1/s1. The summed E-state index contributed by atoms with van der Waals surface area (Å²) in [4.78, 5) is 51.6. The first-order chi connectivity index (χ1) is 16.2. The van der Waals surface area contributed by atoms with Gasteiger partial charge in [0.05, 0.1) is 43.9 Å². The molecule has 0 radical (unpaired) electrons. The number of nitrogens with one attached hydrogen (secondary N) is 1. The predicted octanol–water partition coefficient (Wildman–Crippen LogP) is 4.90. The lowest BCUT2D eigenvalue weighted by Crippen LogP contribution is -2.34. The summed E-state index contributed by atoms with van der Waals surface area (Å²) in [6.07, 6.45) is 0.633. The normalized spacial score (nSPS) is 24.1. The number of carbonyl (C=O) groups is 4. The Labute approximate surface area is 215 Å². The van der Waals surface area contributed by atoms with E-state index in [1.165, 1.54) is 30.3 Å². The fourth-order valence-electron chi connectivity index (χ4n) is 4.11. The van der Waals surface area contributed by atoms with E-state index in [-0.39, 0.29) is 28.1 Å². The second-order valence-corrected chi connectivity index (χ2v) is 9.97. The van der Waals surface area contributed by atoms with Crippen molar-refractivity contribution in [2.75, 3.05) is 16.8 Å². The first kappa shape index (κ1) is 24.8. The van der Waals surface area contributed by atoms with Gasteiger partial charge in [0.15, 0.2) is 6.61 Å². The minimum atomic E-state index is -0.788. The zero-order valence-electron chi connectivity index (χ0n) is 17.5. The highest BCUT2D eigenvalue weighted by Crippen LogP contribution is 2.43. The highest BCUT2D eigenvalue weighted by atomic mass is 35.5. The number of anilines is 2. The third kappa shape index (κ3) is 5.03. The molecule has 7 nitrogen and oxygen atoms in total. The van der Waals surface area contributed by atoms with Gasteiger partial charge in [-0.05, 0) is 49.2 Å². The molecule has 2 aromatic carbocycles. The fraction of sp³-hybridized carbons (Fsp3) is 0.304. The Bertz CT molecular complexity index is 1150. The zero-order valence-corrected chi connectivity index (χ0v) is 20.5. The highest BCUT2D eigenvalue weighted by Gasteiger charge is 2.52. The van der Waals surface area contributed by atoms with Gasteiger partial charge < -0.3 is 10.1 Å². The Balaban J connectivity index is 1.41. The lowest BCUT2D eigenvalue weighted by molar-refractivity contribution is -0.122. The van der Waals surface area contributed by atoms with Gasteiger partial charge in [-0.15, -0.1) is 23.2 Å². The number of benzene rings is 2. The molecular weight excluding hydrogens is 526 g/mol. The molecule has 2 aromatic rings. The van der Waals surface area contributed by atoms with Crippen LogP contribution in [0, 0.1) is 11.8 Å². The van der Waals surface area contributed by atoms with Gasteiger partial charge >= 0.3 is 5.97 Å². The summed E-state index contributed by atoms with van der Waals surface area (Å²) in [5, 5.41) is 2.36. The Morgan fingerprint density at radius 3 is 2.21 bits per heavy atom. The Morgan fingerprint density at radius 1 is 0.941 bits per heavy atom.